The van der Waals surface area contributed by atoms with Gasteiger partial charge in [0.05, 0.1) is 0 Å². The Morgan fingerprint density at radius 3 is 2.73 bits per heavy atom. The summed E-state index contributed by atoms with van der Waals surface area (Å²) in [6, 6.07) is 0. The third-order valence-corrected chi connectivity index (χ3v) is 2.15. The molecule has 3 heteroatoms. The van der Waals surface area contributed by atoms with Gasteiger partial charge in [0.2, 0.25) is 5.91 Å². The monoisotopic (exact) mass is 154 g/mol. The molecule has 0 unspecified atom stereocenters. The molecule has 0 spiro atoms. The Labute approximate surface area is 66.6 Å². The highest BCUT2D eigenvalue weighted by Gasteiger charge is 2.32. The Morgan fingerprint density at radius 2 is 2.36 bits per heavy atom. The van der Waals surface area contributed by atoms with E-state index in [-0.39, 0.29) is 11.4 Å². The molecule has 0 aliphatic heterocycles. The first-order valence-corrected chi connectivity index (χ1v) is 3.85. The summed E-state index contributed by atoms with van der Waals surface area (Å²) in [5.74, 6) is -0.137. The first-order valence-electron chi connectivity index (χ1n) is 3.85. The van der Waals surface area contributed by atoms with Gasteiger partial charge in [-0.15, -0.1) is 0 Å². The molecule has 1 aliphatic carbocycles. The fourth-order valence-electron chi connectivity index (χ4n) is 1.14. The number of carbonyl (C=O) groups excluding carboxylic acids is 1. The van der Waals surface area contributed by atoms with Gasteiger partial charge in [0.1, 0.15) is 0 Å². The number of amides is 1. The van der Waals surface area contributed by atoms with E-state index in [1.807, 2.05) is 0 Å². The van der Waals surface area contributed by atoms with Crippen molar-refractivity contribution in [1.82, 2.24) is 5.32 Å². The molecule has 0 aromatic carbocycles. The maximum atomic E-state index is 10.7. The lowest BCUT2D eigenvalue weighted by atomic mass is 9.78. The zero-order chi connectivity index (χ0) is 8.32. The molecule has 1 saturated carbocycles. The van der Waals surface area contributed by atoms with Crippen LogP contribution in [0.25, 0.3) is 0 Å². The second-order valence-corrected chi connectivity index (χ2v) is 3.14. The average Bonchev–Trinajstić information content (AvgIpc) is 1.96. The van der Waals surface area contributed by atoms with E-state index in [1.54, 1.807) is 0 Å². The molecule has 0 saturated heterocycles. The Kier molecular flexibility index (Phi) is 2.29. The number of hydrogen-bond donors (Lipinski definition) is 2. The van der Waals surface area contributed by atoms with Crippen molar-refractivity contribution in [3.05, 3.63) is 12.7 Å². The summed E-state index contributed by atoms with van der Waals surface area (Å²) in [5.41, 5.74) is 5.73. The normalized spacial score (nSPS) is 20.1. The molecule has 3 N–H and O–H groups in total. The minimum atomic E-state index is -0.137. The summed E-state index contributed by atoms with van der Waals surface area (Å²) in [7, 11) is 0. The predicted molar refractivity (Wildman–Crippen MR) is 44.0 cm³/mol. The van der Waals surface area contributed by atoms with Crippen LogP contribution in [-0.2, 0) is 4.79 Å². The van der Waals surface area contributed by atoms with E-state index in [0.29, 0.717) is 6.54 Å². The van der Waals surface area contributed by atoms with Crippen LogP contribution in [0, 0.1) is 0 Å². The smallest absolute Gasteiger partial charge is 0.243 e. The molecule has 1 rings (SSSR count). The molecule has 11 heavy (non-hydrogen) atoms. The fraction of sp³-hybridized carbons (Fsp3) is 0.625. The molecule has 0 bridgehead atoms. The molecule has 0 radical (unpaired) electrons. The van der Waals surface area contributed by atoms with Crippen molar-refractivity contribution >= 4 is 5.91 Å². The average molecular weight is 154 g/mol. The topological polar surface area (TPSA) is 55.1 Å². The lowest BCUT2D eigenvalue weighted by Gasteiger charge is -2.37. The number of nitrogens with one attached hydrogen (secondary N) is 1. The molecule has 1 amide bonds. The summed E-state index contributed by atoms with van der Waals surface area (Å²) in [6.07, 6.45) is 4.48. The van der Waals surface area contributed by atoms with Crippen LogP contribution in [0.4, 0.5) is 0 Å². The minimum Gasteiger partial charge on any atom is -0.351 e. The Morgan fingerprint density at radius 1 is 1.73 bits per heavy atom. The van der Waals surface area contributed by atoms with Crippen LogP contribution < -0.4 is 11.1 Å². The van der Waals surface area contributed by atoms with Crippen molar-refractivity contribution in [1.29, 1.82) is 0 Å². The Bertz CT molecular complexity index is 173. The molecule has 3 nitrogen and oxygen atoms in total. The lowest BCUT2D eigenvalue weighted by molar-refractivity contribution is -0.116. The zero-order valence-corrected chi connectivity index (χ0v) is 6.60. The van der Waals surface area contributed by atoms with E-state index in [9.17, 15) is 4.79 Å². The van der Waals surface area contributed by atoms with Gasteiger partial charge in [0, 0.05) is 12.1 Å². The van der Waals surface area contributed by atoms with E-state index in [1.165, 1.54) is 12.5 Å². The molecular formula is C8H14N2O. The number of carbonyl (C=O) groups is 1. The van der Waals surface area contributed by atoms with Crippen molar-refractivity contribution < 1.29 is 4.79 Å². The van der Waals surface area contributed by atoms with Gasteiger partial charge in [0.15, 0.2) is 0 Å². The summed E-state index contributed by atoms with van der Waals surface area (Å²) < 4.78 is 0. The SMILES string of the molecule is C=CC(=O)NCC1(N)CCC1. The van der Waals surface area contributed by atoms with Crippen LogP contribution in [0.3, 0.4) is 0 Å². The van der Waals surface area contributed by atoms with E-state index in [4.69, 9.17) is 5.73 Å². The van der Waals surface area contributed by atoms with Gasteiger partial charge in [-0.1, -0.05) is 6.58 Å². The summed E-state index contributed by atoms with van der Waals surface area (Å²) in [6.45, 7) is 3.93. The van der Waals surface area contributed by atoms with E-state index in [2.05, 4.69) is 11.9 Å². The third-order valence-electron chi connectivity index (χ3n) is 2.15. The van der Waals surface area contributed by atoms with Crippen LogP contribution in [0.2, 0.25) is 0 Å². The van der Waals surface area contributed by atoms with Crippen molar-refractivity contribution in [2.24, 2.45) is 5.73 Å². The lowest BCUT2D eigenvalue weighted by Crippen LogP contribution is -2.54. The van der Waals surface area contributed by atoms with Gasteiger partial charge in [-0.25, -0.2) is 0 Å². The van der Waals surface area contributed by atoms with Gasteiger partial charge in [0.25, 0.3) is 0 Å². The van der Waals surface area contributed by atoms with Crippen LogP contribution in [0.1, 0.15) is 19.3 Å². The molecule has 0 aromatic heterocycles. The van der Waals surface area contributed by atoms with E-state index < -0.39 is 0 Å². The summed E-state index contributed by atoms with van der Waals surface area (Å²) in [5, 5.41) is 2.69. The van der Waals surface area contributed by atoms with Gasteiger partial charge in [-0.3, -0.25) is 4.79 Å². The molecule has 0 heterocycles. The highest BCUT2D eigenvalue weighted by molar-refractivity contribution is 5.86. The van der Waals surface area contributed by atoms with Crippen molar-refractivity contribution in [2.45, 2.75) is 24.8 Å². The molecule has 0 atom stereocenters. The van der Waals surface area contributed by atoms with Gasteiger partial charge >= 0.3 is 0 Å². The maximum absolute atomic E-state index is 10.7. The third kappa shape index (κ3) is 2.05. The quantitative estimate of drug-likeness (QED) is 0.569. The predicted octanol–water partition coefficient (Wildman–Crippen LogP) is 0.170. The molecule has 0 aromatic rings. The van der Waals surface area contributed by atoms with Gasteiger partial charge in [-0.2, -0.15) is 0 Å². The van der Waals surface area contributed by atoms with Crippen LogP contribution >= 0.6 is 0 Å². The largest absolute Gasteiger partial charge is 0.351 e. The Balaban J connectivity index is 2.21. The molecular weight excluding hydrogens is 140 g/mol. The molecule has 62 valence electrons. The van der Waals surface area contributed by atoms with Crippen LogP contribution in [-0.4, -0.2) is 18.0 Å². The number of rotatable bonds is 3. The van der Waals surface area contributed by atoms with E-state index in [0.717, 1.165) is 12.8 Å². The molecule has 1 aliphatic rings. The first-order chi connectivity index (χ1) is 5.16. The zero-order valence-electron chi connectivity index (χ0n) is 6.60. The highest BCUT2D eigenvalue weighted by Crippen LogP contribution is 2.27. The Hall–Kier alpha value is -0.830. The molecule has 1 fully saturated rings. The van der Waals surface area contributed by atoms with Gasteiger partial charge < -0.3 is 11.1 Å². The van der Waals surface area contributed by atoms with Crippen molar-refractivity contribution in [3.8, 4) is 0 Å². The van der Waals surface area contributed by atoms with Crippen LogP contribution in [0.15, 0.2) is 12.7 Å². The second-order valence-electron chi connectivity index (χ2n) is 3.14. The fourth-order valence-corrected chi connectivity index (χ4v) is 1.14. The van der Waals surface area contributed by atoms with Crippen molar-refractivity contribution in [3.63, 3.8) is 0 Å². The van der Waals surface area contributed by atoms with Gasteiger partial charge in [-0.05, 0) is 25.3 Å². The number of hydrogen-bond acceptors (Lipinski definition) is 2. The first kappa shape index (κ1) is 8.27. The maximum Gasteiger partial charge on any atom is 0.243 e. The van der Waals surface area contributed by atoms with Crippen molar-refractivity contribution in [2.75, 3.05) is 6.54 Å². The summed E-state index contributed by atoms with van der Waals surface area (Å²) in [4.78, 5) is 10.7. The highest BCUT2D eigenvalue weighted by atomic mass is 16.1. The second kappa shape index (κ2) is 3.05. The van der Waals surface area contributed by atoms with Crippen LogP contribution in [0.5, 0.6) is 0 Å². The number of nitrogens with two attached hydrogens (primary N) is 1. The van der Waals surface area contributed by atoms with E-state index >= 15 is 0 Å². The minimum absolute atomic E-state index is 0.126. The summed E-state index contributed by atoms with van der Waals surface area (Å²) >= 11 is 0. The standard InChI is InChI=1S/C8H14N2O/c1-2-7(11)10-6-8(9)4-3-5-8/h2H,1,3-6,9H2,(H,10,11).